The van der Waals surface area contributed by atoms with Gasteiger partial charge in [-0.05, 0) is 0 Å². The van der Waals surface area contributed by atoms with Crippen LogP contribution in [0.25, 0.3) is 0 Å². The molecular weight excluding hydrogens is 260 g/mol. The molecule has 2 amide bonds. The van der Waals surface area contributed by atoms with Crippen molar-refractivity contribution in [2.75, 3.05) is 26.3 Å². The zero-order chi connectivity index (χ0) is 14.2. The van der Waals surface area contributed by atoms with Crippen molar-refractivity contribution in [3.63, 3.8) is 0 Å². The first-order valence-electron chi connectivity index (χ1n) is 6.76. The van der Waals surface area contributed by atoms with E-state index in [9.17, 15) is 9.59 Å². The van der Waals surface area contributed by atoms with E-state index >= 15 is 0 Å². The number of rotatable bonds is 3. The van der Waals surface area contributed by atoms with Gasteiger partial charge in [0.05, 0.1) is 12.5 Å². The molecule has 2 N–H and O–H groups in total. The van der Waals surface area contributed by atoms with Gasteiger partial charge in [0.2, 0.25) is 11.8 Å². The molecule has 1 atom stereocenters. The van der Waals surface area contributed by atoms with E-state index < -0.39 is 5.54 Å². The Hall–Kier alpha value is -1.89. The highest BCUT2D eigenvalue weighted by Gasteiger charge is 2.43. The second-order valence-corrected chi connectivity index (χ2v) is 5.43. The molecule has 7 heteroatoms. The molecule has 108 valence electrons. The van der Waals surface area contributed by atoms with Gasteiger partial charge in [-0.1, -0.05) is 0 Å². The van der Waals surface area contributed by atoms with Crippen LogP contribution in [-0.2, 0) is 19.9 Å². The van der Waals surface area contributed by atoms with Gasteiger partial charge in [-0.3, -0.25) is 9.59 Å². The minimum Gasteiger partial charge on any atom is -0.378 e. The smallest absolute Gasteiger partial charge is 0.227 e. The minimum absolute atomic E-state index is 0.0130. The summed E-state index contributed by atoms with van der Waals surface area (Å²) in [4.78, 5) is 32.4. The molecule has 2 aliphatic heterocycles. The summed E-state index contributed by atoms with van der Waals surface area (Å²) in [6, 6.07) is 0. The van der Waals surface area contributed by atoms with Crippen LogP contribution >= 0.6 is 0 Å². The van der Waals surface area contributed by atoms with E-state index in [1.54, 1.807) is 17.3 Å². The molecule has 0 aromatic carbocycles. The van der Waals surface area contributed by atoms with E-state index in [1.807, 2.05) is 0 Å². The van der Waals surface area contributed by atoms with E-state index in [1.165, 1.54) is 6.92 Å². The molecule has 0 spiro atoms. The predicted octanol–water partition coefficient (Wildman–Crippen LogP) is -0.380. The van der Waals surface area contributed by atoms with Crippen LogP contribution in [-0.4, -0.2) is 53.0 Å². The van der Waals surface area contributed by atoms with E-state index in [0.29, 0.717) is 32.7 Å². The van der Waals surface area contributed by atoms with E-state index in [0.717, 1.165) is 5.82 Å². The van der Waals surface area contributed by atoms with Crippen LogP contribution in [0.1, 0.15) is 19.2 Å². The van der Waals surface area contributed by atoms with Crippen LogP contribution in [0.4, 0.5) is 0 Å². The maximum absolute atomic E-state index is 12.3. The fraction of sp³-hybridized carbons (Fsp3) is 0.615. The van der Waals surface area contributed by atoms with Crippen molar-refractivity contribution in [1.82, 2.24) is 20.2 Å². The fourth-order valence-corrected chi connectivity index (χ4v) is 2.68. The molecule has 0 aliphatic carbocycles. The Morgan fingerprint density at radius 2 is 2.35 bits per heavy atom. The highest BCUT2D eigenvalue weighted by atomic mass is 16.5. The van der Waals surface area contributed by atoms with Crippen molar-refractivity contribution in [2.24, 2.45) is 5.92 Å². The summed E-state index contributed by atoms with van der Waals surface area (Å²) in [6.07, 6.45) is 4.11. The number of aromatic amines is 1. The predicted molar refractivity (Wildman–Crippen MR) is 69.6 cm³/mol. The highest BCUT2D eigenvalue weighted by molar-refractivity contribution is 5.84. The number of aromatic nitrogens is 2. The van der Waals surface area contributed by atoms with Crippen LogP contribution in [0.15, 0.2) is 12.4 Å². The quantitative estimate of drug-likeness (QED) is 0.789. The number of ether oxygens (including phenoxy) is 1. The van der Waals surface area contributed by atoms with Crippen LogP contribution in [0.5, 0.6) is 0 Å². The minimum atomic E-state index is -0.558. The lowest BCUT2D eigenvalue weighted by molar-refractivity contribution is -0.142. The van der Waals surface area contributed by atoms with Crippen LogP contribution < -0.4 is 5.32 Å². The number of hydrogen-bond donors (Lipinski definition) is 2. The maximum atomic E-state index is 12.3. The summed E-state index contributed by atoms with van der Waals surface area (Å²) in [5.41, 5.74) is -0.558. The van der Waals surface area contributed by atoms with E-state index in [4.69, 9.17) is 4.74 Å². The zero-order valence-electron chi connectivity index (χ0n) is 11.4. The third-order valence-electron chi connectivity index (χ3n) is 4.03. The lowest BCUT2D eigenvalue weighted by atomic mass is 9.93. The van der Waals surface area contributed by atoms with Crippen LogP contribution in [0.3, 0.4) is 0 Å². The lowest BCUT2D eigenvalue weighted by Gasteiger charge is -2.39. The molecular formula is C13H18N4O3. The molecule has 3 rings (SSSR count). The largest absolute Gasteiger partial charge is 0.378 e. The van der Waals surface area contributed by atoms with Crippen molar-refractivity contribution < 1.29 is 14.3 Å². The molecule has 2 fully saturated rings. The molecule has 7 nitrogen and oxygen atoms in total. The average molecular weight is 278 g/mol. The Bertz CT molecular complexity index is 502. The Labute approximate surface area is 116 Å². The van der Waals surface area contributed by atoms with Gasteiger partial charge in [0.15, 0.2) is 0 Å². The molecule has 1 aromatic rings. The monoisotopic (exact) mass is 278 g/mol. The number of likely N-dealkylation sites (tertiary alicyclic amines) is 1. The summed E-state index contributed by atoms with van der Waals surface area (Å²) in [7, 11) is 0. The van der Waals surface area contributed by atoms with Crippen molar-refractivity contribution in [2.45, 2.75) is 18.9 Å². The van der Waals surface area contributed by atoms with Gasteiger partial charge in [0.1, 0.15) is 11.4 Å². The van der Waals surface area contributed by atoms with Crippen LogP contribution in [0.2, 0.25) is 0 Å². The van der Waals surface area contributed by atoms with Crippen molar-refractivity contribution >= 4 is 11.8 Å². The summed E-state index contributed by atoms with van der Waals surface area (Å²) in [5.74, 6) is 0.570. The molecule has 2 aliphatic rings. The molecule has 0 radical (unpaired) electrons. The summed E-state index contributed by atoms with van der Waals surface area (Å²) in [6.45, 7) is 3.54. The number of hydrogen-bond acceptors (Lipinski definition) is 4. The number of nitrogens with zero attached hydrogens (tertiary/aromatic N) is 2. The number of nitrogens with one attached hydrogen (secondary N) is 2. The van der Waals surface area contributed by atoms with Gasteiger partial charge in [-0.25, -0.2) is 4.98 Å². The van der Waals surface area contributed by atoms with Gasteiger partial charge in [-0.15, -0.1) is 0 Å². The fourth-order valence-electron chi connectivity index (χ4n) is 2.68. The normalized spacial score (nSPS) is 26.4. The molecule has 3 heterocycles. The second kappa shape index (κ2) is 4.90. The Kier molecular flexibility index (Phi) is 3.21. The Morgan fingerprint density at radius 1 is 1.55 bits per heavy atom. The van der Waals surface area contributed by atoms with Gasteiger partial charge in [-0.2, -0.15) is 0 Å². The number of H-pyrrole nitrogens is 1. The first-order valence-corrected chi connectivity index (χ1v) is 6.76. The number of imidazole rings is 1. The standard InChI is InChI=1S/C13H18N4O3/c1-9(18)17-6-10(7-17)11(19)16-13(2-5-20-8-13)12-14-3-4-15-12/h3-4,10H,2,5-8H2,1H3,(H,14,15)(H,16,19). The number of carbonyl (C=O) groups is 2. The lowest BCUT2D eigenvalue weighted by Crippen LogP contribution is -2.58. The van der Waals surface area contributed by atoms with Gasteiger partial charge < -0.3 is 19.9 Å². The third-order valence-corrected chi connectivity index (χ3v) is 4.03. The first-order chi connectivity index (χ1) is 9.61. The second-order valence-electron chi connectivity index (χ2n) is 5.43. The molecule has 1 aromatic heterocycles. The molecule has 2 saturated heterocycles. The van der Waals surface area contributed by atoms with Crippen molar-refractivity contribution in [3.05, 3.63) is 18.2 Å². The maximum Gasteiger partial charge on any atom is 0.227 e. The number of amides is 2. The SMILES string of the molecule is CC(=O)N1CC(C(=O)NC2(c3ncc[nH]3)CCOC2)C1. The van der Waals surface area contributed by atoms with Crippen LogP contribution in [0, 0.1) is 5.92 Å². The van der Waals surface area contributed by atoms with Gasteiger partial charge >= 0.3 is 0 Å². The molecule has 0 bridgehead atoms. The van der Waals surface area contributed by atoms with Gasteiger partial charge in [0, 0.05) is 45.4 Å². The molecule has 20 heavy (non-hydrogen) atoms. The third kappa shape index (κ3) is 2.18. The topological polar surface area (TPSA) is 87.3 Å². The number of carbonyl (C=O) groups excluding carboxylic acids is 2. The van der Waals surface area contributed by atoms with Gasteiger partial charge in [0.25, 0.3) is 0 Å². The van der Waals surface area contributed by atoms with E-state index in [2.05, 4.69) is 15.3 Å². The molecule has 0 saturated carbocycles. The first kappa shape index (κ1) is 13.1. The summed E-state index contributed by atoms with van der Waals surface area (Å²) in [5, 5.41) is 3.06. The van der Waals surface area contributed by atoms with E-state index in [-0.39, 0.29) is 17.7 Å². The van der Waals surface area contributed by atoms with Crippen molar-refractivity contribution in [3.8, 4) is 0 Å². The molecule has 1 unspecified atom stereocenters. The zero-order valence-corrected chi connectivity index (χ0v) is 11.4. The Balaban J connectivity index is 1.66. The highest BCUT2D eigenvalue weighted by Crippen LogP contribution is 2.29. The summed E-state index contributed by atoms with van der Waals surface area (Å²) >= 11 is 0. The summed E-state index contributed by atoms with van der Waals surface area (Å²) < 4.78 is 5.44. The van der Waals surface area contributed by atoms with Crippen molar-refractivity contribution in [1.29, 1.82) is 0 Å². The average Bonchev–Trinajstić information content (AvgIpc) is 2.95. The Morgan fingerprint density at radius 3 is 2.90 bits per heavy atom.